The molecule has 1 saturated heterocycles. The smallest absolute Gasteiger partial charge is 0.306 e. The topological polar surface area (TPSA) is 60.8 Å². The molecule has 1 rings (SSSR count). The maximum atomic E-state index is 10.4. The number of carboxylic acids is 1. The second-order valence-electron chi connectivity index (χ2n) is 4.61. The zero-order valence-electron chi connectivity index (χ0n) is 8.86. The number of carboxylic acid groups (broad SMARTS) is 1. The van der Waals surface area contributed by atoms with Crippen molar-refractivity contribution in [3.63, 3.8) is 0 Å². The van der Waals surface area contributed by atoms with Gasteiger partial charge in [-0.25, -0.2) is 0 Å². The zero-order valence-corrected chi connectivity index (χ0v) is 8.86. The van der Waals surface area contributed by atoms with Crippen LogP contribution in [0, 0.1) is 0 Å². The highest BCUT2D eigenvalue weighted by Crippen LogP contribution is 2.28. The molecule has 1 fully saturated rings. The normalized spacial score (nSPS) is 23.6. The van der Waals surface area contributed by atoms with Gasteiger partial charge in [-0.1, -0.05) is 0 Å². The Balaban J connectivity index is 2.40. The Hall–Kier alpha value is -0.610. The molecule has 2 N–H and O–H groups in total. The number of hydrogen-bond acceptors (Lipinski definition) is 3. The van der Waals surface area contributed by atoms with Crippen molar-refractivity contribution < 1.29 is 15.0 Å². The van der Waals surface area contributed by atoms with Crippen LogP contribution in [0.3, 0.4) is 0 Å². The molecule has 0 saturated carbocycles. The third-order valence-electron chi connectivity index (χ3n) is 2.91. The molecular formula is C10H19NO3. The van der Waals surface area contributed by atoms with Crippen molar-refractivity contribution in [1.29, 1.82) is 0 Å². The van der Waals surface area contributed by atoms with Crippen LogP contribution >= 0.6 is 0 Å². The molecule has 82 valence electrons. The Bertz CT molecular complexity index is 215. The number of aliphatic hydroxyl groups excluding tert-OH is 1. The Morgan fingerprint density at radius 2 is 2.21 bits per heavy atom. The molecule has 1 unspecified atom stereocenters. The molecule has 1 heterocycles. The van der Waals surface area contributed by atoms with Gasteiger partial charge in [-0.05, 0) is 33.2 Å². The van der Waals surface area contributed by atoms with E-state index in [-0.39, 0.29) is 12.0 Å². The van der Waals surface area contributed by atoms with Crippen LogP contribution in [-0.4, -0.2) is 45.8 Å². The standard InChI is InChI=1S/C10H19NO3/c1-10(2)4-3-5-11(10)7-8(12)6-9(13)14/h8,12H,3-7H2,1-2H3,(H,13,14). The van der Waals surface area contributed by atoms with E-state index in [0.717, 1.165) is 19.4 Å². The molecule has 1 aliphatic heterocycles. The number of aliphatic hydroxyl groups is 1. The van der Waals surface area contributed by atoms with Crippen molar-refractivity contribution in [3.8, 4) is 0 Å². The summed E-state index contributed by atoms with van der Waals surface area (Å²) in [6.07, 6.45) is 1.34. The Morgan fingerprint density at radius 1 is 1.57 bits per heavy atom. The molecule has 0 aromatic rings. The van der Waals surface area contributed by atoms with Gasteiger partial charge in [0.25, 0.3) is 0 Å². The molecule has 4 heteroatoms. The van der Waals surface area contributed by atoms with E-state index < -0.39 is 12.1 Å². The first-order valence-electron chi connectivity index (χ1n) is 5.07. The van der Waals surface area contributed by atoms with Crippen molar-refractivity contribution in [1.82, 2.24) is 4.90 Å². The van der Waals surface area contributed by atoms with E-state index in [0.29, 0.717) is 6.54 Å². The van der Waals surface area contributed by atoms with Gasteiger partial charge < -0.3 is 10.2 Å². The molecule has 0 aromatic carbocycles. The van der Waals surface area contributed by atoms with E-state index in [2.05, 4.69) is 18.7 Å². The summed E-state index contributed by atoms with van der Waals surface area (Å²) < 4.78 is 0. The summed E-state index contributed by atoms with van der Waals surface area (Å²) in [7, 11) is 0. The van der Waals surface area contributed by atoms with E-state index in [9.17, 15) is 9.90 Å². The molecule has 1 atom stereocenters. The molecule has 0 amide bonds. The molecule has 0 aliphatic carbocycles. The van der Waals surface area contributed by atoms with E-state index in [1.54, 1.807) is 0 Å². The first-order chi connectivity index (χ1) is 6.42. The fourth-order valence-corrected chi connectivity index (χ4v) is 2.02. The van der Waals surface area contributed by atoms with Gasteiger partial charge in [0.2, 0.25) is 0 Å². The largest absolute Gasteiger partial charge is 0.481 e. The predicted octanol–water partition coefficient (Wildman–Crippen LogP) is 0.696. The average Bonchev–Trinajstić information content (AvgIpc) is 2.29. The molecule has 0 spiro atoms. The van der Waals surface area contributed by atoms with Crippen LogP contribution < -0.4 is 0 Å². The molecule has 0 bridgehead atoms. The Morgan fingerprint density at radius 3 is 2.64 bits per heavy atom. The van der Waals surface area contributed by atoms with Gasteiger partial charge in [0.15, 0.2) is 0 Å². The van der Waals surface area contributed by atoms with Crippen LogP contribution in [-0.2, 0) is 4.79 Å². The molecular weight excluding hydrogens is 182 g/mol. The summed E-state index contributed by atoms with van der Waals surface area (Å²) in [6.45, 7) is 5.70. The second kappa shape index (κ2) is 4.28. The van der Waals surface area contributed by atoms with Gasteiger partial charge in [0, 0.05) is 12.1 Å². The third-order valence-corrected chi connectivity index (χ3v) is 2.91. The van der Waals surface area contributed by atoms with Crippen LogP contribution in [0.2, 0.25) is 0 Å². The lowest BCUT2D eigenvalue weighted by Crippen LogP contribution is -2.43. The molecule has 4 nitrogen and oxygen atoms in total. The lowest BCUT2D eigenvalue weighted by molar-refractivity contribution is -0.139. The highest BCUT2D eigenvalue weighted by molar-refractivity contribution is 5.67. The SMILES string of the molecule is CC1(C)CCCN1CC(O)CC(=O)O. The maximum Gasteiger partial charge on any atom is 0.306 e. The molecule has 0 radical (unpaired) electrons. The fourth-order valence-electron chi connectivity index (χ4n) is 2.02. The monoisotopic (exact) mass is 201 g/mol. The minimum absolute atomic E-state index is 0.111. The summed E-state index contributed by atoms with van der Waals surface area (Å²) in [6, 6.07) is 0. The lowest BCUT2D eigenvalue weighted by Gasteiger charge is -2.32. The number of hydrogen-bond donors (Lipinski definition) is 2. The predicted molar refractivity (Wildman–Crippen MR) is 53.1 cm³/mol. The molecule has 0 aromatic heterocycles. The van der Waals surface area contributed by atoms with Gasteiger partial charge in [-0.2, -0.15) is 0 Å². The quantitative estimate of drug-likeness (QED) is 0.702. The van der Waals surface area contributed by atoms with E-state index >= 15 is 0 Å². The van der Waals surface area contributed by atoms with Gasteiger partial charge in [-0.15, -0.1) is 0 Å². The van der Waals surface area contributed by atoms with Gasteiger partial charge in [-0.3, -0.25) is 9.69 Å². The number of aliphatic carboxylic acids is 1. The van der Waals surface area contributed by atoms with Crippen molar-refractivity contribution in [2.24, 2.45) is 0 Å². The first-order valence-corrected chi connectivity index (χ1v) is 5.07. The van der Waals surface area contributed by atoms with Gasteiger partial charge >= 0.3 is 5.97 Å². The number of carbonyl (C=O) groups is 1. The minimum Gasteiger partial charge on any atom is -0.481 e. The first kappa shape index (κ1) is 11.5. The Labute approximate surface area is 84.5 Å². The lowest BCUT2D eigenvalue weighted by atomic mass is 10.0. The molecule has 14 heavy (non-hydrogen) atoms. The van der Waals surface area contributed by atoms with Gasteiger partial charge in [0.1, 0.15) is 0 Å². The fraction of sp³-hybridized carbons (Fsp3) is 0.900. The zero-order chi connectivity index (χ0) is 10.8. The van der Waals surface area contributed by atoms with Crippen LogP contribution in [0.25, 0.3) is 0 Å². The highest BCUT2D eigenvalue weighted by atomic mass is 16.4. The van der Waals surface area contributed by atoms with Crippen molar-refractivity contribution in [2.75, 3.05) is 13.1 Å². The number of likely N-dealkylation sites (tertiary alicyclic amines) is 1. The van der Waals surface area contributed by atoms with E-state index in [1.807, 2.05) is 0 Å². The highest BCUT2D eigenvalue weighted by Gasteiger charge is 2.32. The number of rotatable bonds is 4. The van der Waals surface area contributed by atoms with Crippen LogP contribution in [0.1, 0.15) is 33.1 Å². The summed E-state index contributed by atoms with van der Waals surface area (Å²) in [4.78, 5) is 12.5. The van der Waals surface area contributed by atoms with Crippen molar-refractivity contribution >= 4 is 5.97 Å². The number of nitrogens with zero attached hydrogens (tertiary/aromatic N) is 1. The van der Waals surface area contributed by atoms with Crippen LogP contribution in [0.15, 0.2) is 0 Å². The molecule has 1 aliphatic rings. The minimum atomic E-state index is -0.936. The van der Waals surface area contributed by atoms with Crippen molar-refractivity contribution in [3.05, 3.63) is 0 Å². The van der Waals surface area contributed by atoms with Gasteiger partial charge in [0.05, 0.1) is 12.5 Å². The average molecular weight is 201 g/mol. The third kappa shape index (κ3) is 2.96. The van der Waals surface area contributed by atoms with Crippen molar-refractivity contribution in [2.45, 2.75) is 44.8 Å². The van der Waals surface area contributed by atoms with Crippen LogP contribution in [0.4, 0.5) is 0 Å². The van der Waals surface area contributed by atoms with E-state index in [1.165, 1.54) is 0 Å². The summed E-state index contributed by atoms with van der Waals surface area (Å²) in [5, 5.41) is 18.0. The maximum absolute atomic E-state index is 10.4. The summed E-state index contributed by atoms with van der Waals surface area (Å²) in [5.41, 5.74) is 0.111. The second-order valence-corrected chi connectivity index (χ2v) is 4.61. The van der Waals surface area contributed by atoms with Crippen LogP contribution in [0.5, 0.6) is 0 Å². The summed E-state index contributed by atoms with van der Waals surface area (Å²) >= 11 is 0. The Kier molecular flexibility index (Phi) is 3.50. The number of β-amino-alcohol motifs (C(OH)–C–C–N with tert-alkyl or cyclic N) is 1. The van der Waals surface area contributed by atoms with E-state index in [4.69, 9.17) is 5.11 Å². The summed E-state index contributed by atoms with van der Waals surface area (Å²) in [5.74, 6) is -0.936.